The van der Waals surface area contributed by atoms with Crippen LogP contribution >= 0.6 is 0 Å². The molecule has 3 N–H and O–H groups in total. The molecule has 2 amide bonds. The van der Waals surface area contributed by atoms with Crippen LogP contribution in [-0.2, 0) is 26.0 Å². The third-order valence-electron chi connectivity index (χ3n) is 3.51. The van der Waals surface area contributed by atoms with Crippen LogP contribution < -0.4 is 15.4 Å². The minimum Gasteiger partial charge on any atom is -0.357 e. The molecule has 0 saturated heterocycles. The molecule has 0 saturated carbocycles. The monoisotopic (exact) mass is 412 g/mol. The van der Waals surface area contributed by atoms with Gasteiger partial charge in [-0.3, -0.25) is 14.3 Å². The van der Waals surface area contributed by atoms with Gasteiger partial charge in [0.05, 0.1) is 6.42 Å². The minimum atomic E-state index is -4.07. The van der Waals surface area contributed by atoms with Crippen LogP contribution in [0.15, 0.2) is 47.6 Å². The van der Waals surface area contributed by atoms with Crippen LogP contribution in [0.2, 0.25) is 0 Å². The number of anilines is 1. The second-order valence-electron chi connectivity index (χ2n) is 5.64. The van der Waals surface area contributed by atoms with Crippen LogP contribution in [0.4, 0.5) is 14.5 Å². The highest BCUT2D eigenvalue weighted by atomic mass is 32.2. The van der Waals surface area contributed by atoms with E-state index in [4.69, 9.17) is 0 Å². The highest BCUT2D eigenvalue weighted by molar-refractivity contribution is 7.92. The Balaban J connectivity index is 2.02. The average molecular weight is 412 g/mol. The van der Waals surface area contributed by atoms with E-state index < -0.39 is 21.5 Å². The Kier molecular flexibility index (Phi) is 7.38. The first-order chi connectivity index (χ1) is 13.3. The molecular weight excluding hydrogens is 394 g/mol. The van der Waals surface area contributed by atoms with Crippen LogP contribution in [0.1, 0.15) is 17.6 Å². The molecule has 150 valence electrons. The van der Waals surface area contributed by atoms with Crippen molar-refractivity contribution in [3.05, 3.63) is 53.7 Å². The Morgan fingerprint density at radius 3 is 2.61 bits per heavy atom. The van der Waals surface area contributed by atoms with Crippen LogP contribution in [0.25, 0.3) is 0 Å². The van der Waals surface area contributed by atoms with E-state index in [1.54, 1.807) is 12.1 Å². The largest absolute Gasteiger partial charge is 0.357 e. The molecule has 0 aliphatic heterocycles. The van der Waals surface area contributed by atoms with Crippen LogP contribution in [0.5, 0.6) is 0 Å². The molecule has 0 aliphatic carbocycles. The van der Waals surface area contributed by atoms with Crippen molar-refractivity contribution in [2.75, 3.05) is 17.8 Å². The van der Waals surface area contributed by atoms with Gasteiger partial charge in [-0.1, -0.05) is 12.1 Å². The summed E-state index contributed by atoms with van der Waals surface area (Å²) in [6.45, 7) is 0.566. The lowest BCUT2D eigenvalue weighted by Crippen LogP contribution is -2.32. The van der Waals surface area contributed by atoms with Gasteiger partial charge < -0.3 is 10.6 Å². The fourth-order valence-electron chi connectivity index (χ4n) is 2.21. The van der Waals surface area contributed by atoms with E-state index in [0.717, 1.165) is 18.3 Å². The zero-order chi connectivity index (χ0) is 20.6. The van der Waals surface area contributed by atoms with E-state index in [2.05, 4.69) is 20.3 Å². The van der Waals surface area contributed by atoms with Gasteiger partial charge in [-0.2, -0.15) is 8.42 Å². The van der Waals surface area contributed by atoms with Gasteiger partial charge >= 0.3 is 0 Å². The summed E-state index contributed by atoms with van der Waals surface area (Å²) in [5, 5.41) is 4.61. The van der Waals surface area contributed by atoms with E-state index in [1.807, 2.05) is 0 Å². The van der Waals surface area contributed by atoms with Gasteiger partial charge in [0.2, 0.25) is 12.3 Å². The SMILES string of the molecule is O=CNCCNC(=O)Cc1cccc(NS(=O)(=O)c2ccc(C(F)F)cn2)c1. The van der Waals surface area contributed by atoms with Crippen LogP contribution in [0, 0.1) is 0 Å². The highest BCUT2D eigenvalue weighted by Gasteiger charge is 2.17. The molecule has 8 nitrogen and oxygen atoms in total. The number of aromatic nitrogens is 1. The van der Waals surface area contributed by atoms with Crippen molar-refractivity contribution in [3.8, 4) is 0 Å². The Labute approximate surface area is 160 Å². The van der Waals surface area contributed by atoms with Gasteiger partial charge in [-0.05, 0) is 29.8 Å². The summed E-state index contributed by atoms with van der Waals surface area (Å²) in [4.78, 5) is 25.5. The molecule has 2 aromatic rings. The van der Waals surface area contributed by atoms with Gasteiger partial charge in [-0.15, -0.1) is 0 Å². The third kappa shape index (κ3) is 6.27. The molecule has 0 aliphatic rings. The fourth-order valence-corrected chi connectivity index (χ4v) is 3.19. The number of carbonyl (C=O) groups excluding carboxylic acids is 2. The molecule has 2 rings (SSSR count). The van der Waals surface area contributed by atoms with Crippen LogP contribution in [-0.4, -0.2) is 38.8 Å². The van der Waals surface area contributed by atoms with Crippen molar-refractivity contribution >= 4 is 28.0 Å². The molecule has 0 unspecified atom stereocenters. The number of benzene rings is 1. The molecule has 1 heterocycles. The number of alkyl halides is 2. The number of carbonyl (C=O) groups is 2. The van der Waals surface area contributed by atoms with Crippen molar-refractivity contribution < 1.29 is 26.8 Å². The van der Waals surface area contributed by atoms with E-state index in [1.165, 1.54) is 12.1 Å². The number of halogens is 2. The number of nitrogens with zero attached hydrogens (tertiary/aromatic N) is 1. The Hall–Kier alpha value is -3.08. The van der Waals surface area contributed by atoms with Crippen molar-refractivity contribution in [2.24, 2.45) is 0 Å². The second kappa shape index (κ2) is 9.74. The highest BCUT2D eigenvalue weighted by Crippen LogP contribution is 2.20. The van der Waals surface area contributed by atoms with Gasteiger partial charge in [0.25, 0.3) is 16.4 Å². The normalized spacial score (nSPS) is 11.1. The van der Waals surface area contributed by atoms with Crippen molar-refractivity contribution in [1.82, 2.24) is 15.6 Å². The molecule has 0 atom stereocenters. The molecular formula is C17H18F2N4O4S. The summed E-state index contributed by atoms with van der Waals surface area (Å²) in [5.74, 6) is -0.294. The average Bonchev–Trinajstić information content (AvgIpc) is 2.65. The molecule has 1 aromatic heterocycles. The predicted octanol–water partition coefficient (Wildman–Crippen LogP) is 1.22. The molecule has 0 fully saturated rings. The van der Waals surface area contributed by atoms with E-state index in [-0.39, 0.29) is 30.1 Å². The maximum atomic E-state index is 12.6. The lowest BCUT2D eigenvalue weighted by atomic mass is 10.1. The molecule has 11 heteroatoms. The van der Waals surface area contributed by atoms with E-state index in [0.29, 0.717) is 18.5 Å². The number of rotatable bonds is 10. The molecule has 28 heavy (non-hydrogen) atoms. The summed E-state index contributed by atoms with van der Waals surface area (Å²) >= 11 is 0. The lowest BCUT2D eigenvalue weighted by molar-refractivity contribution is -0.120. The van der Waals surface area contributed by atoms with E-state index in [9.17, 15) is 26.8 Å². The Morgan fingerprint density at radius 1 is 1.18 bits per heavy atom. The lowest BCUT2D eigenvalue weighted by Gasteiger charge is -2.10. The number of pyridine rings is 1. The number of amides is 2. The standard InChI is InChI=1S/C17H18F2N4O4S/c18-17(19)13-4-5-16(22-10-13)28(26,27)23-14-3-1-2-12(8-14)9-15(25)21-7-6-20-11-24/h1-5,8,10-11,17,23H,6-7,9H2,(H,20,24)(H,21,25). The number of sulfonamides is 1. The fraction of sp³-hybridized carbons (Fsp3) is 0.235. The molecule has 1 aromatic carbocycles. The first kappa shape index (κ1) is 21.2. The summed E-state index contributed by atoms with van der Waals surface area (Å²) < 4.78 is 52.1. The zero-order valence-corrected chi connectivity index (χ0v) is 15.4. The predicted molar refractivity (Wildman–Crippen MR) is 97.2 cm³/mol. The second-order valence-corrected chi connectivity index (χ2v) is 7.26. The van der Waals surface area contributed by atoms with E-state index >= 15 is 0 Å². The summed E-state index contributed by atoms with van der Waals surface area (Å²) in [5.41, 5.74) is 0.380. The Morgan fingerprint density at radius 2 is 1.96 bits per heavy atom. The zero-order valence-electron chi connectivity index (χ0n) is 14.6. The first-order valence-electron chi connectivity index (χ1n) is 8.11. The quantitative estimate of drug-likeness (QED) is 0.401. The Bertz CT molecular complexity index is 921. The van der Waals surface area contributed by atoms with Crippen molar-refractivity contribution in [3.63, 3.8) is 0 Å². The van der Waals surface area contributed by atoms with Gasteiger partial charge in [0, 0.05) is 30.5 Å². The van der Waals surface area contributed by atoms with Gasteiger partial charge in [0.1, 0.15) is 0 Å². The molecule has 0 spiro atoms. The van der Waals surface area contributed by atoms with Gasteiger partial charge in [0.15, 0.2) is 5.03 Å². The van der Waals surface area contributed by atoms with Gasteiger partial charge in [-0.25, -0.2) is 13.8 Å². The number of hydrogen-bond acceptors (Lipinski definition) is 5. The van der Waals surface area contributed by atoms with Crippen molar-refractivity contribution in [2.45, 2.75) is 17.9 Å². The number of nitrogens with one attached hydrogen (secondary N) is 3. The smallest absolute Gasteiger partial charge is 0.279 e. The molecule has 0 radical (unpaired) electrons. The maximum absolute atomic E-state index is 12.6. The summed E-state index contributed by atoms with van der Waals surface area (Å²) in [6, 6.07) is 8.17. The van der Waals surface area contributed by atoms with Crippen LogP contribution in [0.3, 0.4) is 0 Å². The summed E-state index contributed by atoms with van der Waals surface area (Å²) in [6.07, 6.45) is -1.40. The maximum Gasteiger partial charge on any atom is 0.279 e. The summed E-state index contributed by atoms with van der Waals surface area (Å²) in [7, 11) is -4.07. The molecule has 0 bridgehead atoms. The minimum absolute atomic E-state index is 0.0119. The number of hydrogen-bond donors (Lipinski definition) is 3. The third-order valence-corrected chi connectivity index (χ3v) is 4.80. The first-order valence-corrected chi connectivity index (χ1v) is 9.60. The van der Waals surface area contributed by atoms with Crippen molar-refractivity contribution in [1.29, 1.82) is 0 Å². The topological polar surface area (TPSA) is 117 Å².